The Morgan fingerprint density at radius 3 is 2.44 bits per heavy atom. The summed E-state index contributed by atoms with van der Waals surface area (Å²) in [7, 11) is 1.55. The van der Waals surface area contributed by atoms with Crippen molar-refractivity contribution in [3.8, 4) is 17.2 Å². The minimum Gasteiger partial charge on any atom is -0.496 e. The highest BCUT2D eigenvalue weighted by Gasteiger charge is 2.32. The average molecular weight is 547 g/mol. The molecule has 0 spiro atoms. The highest BCUT2D eigenvalue weighted by molar-refractivity contribution is 7.98. The van der Waals surface area contributed by atoms with Gasteiger partial charge in [-0.25, -0.2) is 24.2 Å². The summed E-state index contributed by atoms with van der Waals surface area (Å²) in [4.78, 5) is 21.5. The molecule has 3 aromatic carbocycles. The number of thioether (sulfide) groups is 1. The number of ether oxygens (including phenoxy) is 2. The molecule has 4 aromatic rings. The van der Waals surface area contributed by atoms with Gasteiger partial charge in [0.2, 0.25) is 0 Å². The fraction of sp³-hybridized carbons (Fsp3) is 0.172. The predicted octanol–water partition coefficient (Wildman–Crippen LogP) is 6.41. The number of nitrogens with zero attached hydrogens (tertiary/aromatic N) is 3. The molecule has 0 radical (unpaired) electrons. The summed E-state index contributed by atoms with van der Waals surface area (Å²) in [6, 6.07) is 21.6. The van der Waals surface area contributed by atoms with Gasteiger partial charge in [0.1, 0.15) is 22.9 Å². The third kappa shape index (κ3) is 5.91. The van der Waals surface area contributed by atoms with Gasteiger partial charge in [-0.05, 0) is 48.9 Å². The van der Waals surface area contributed by atoms with Crippen molar-refractivity contribution in [1.82, 2.24) is 15.4 Å². The summed E-state index contributed by atoms with van der Waals surface area (Å²) < 4.78 is 37.7. The summed E-state index contributed by atoms with van der Waals surface area (Å²) in [6.45, 7) is 1.65. The normalized spacial score (nSPS) is 12.6. The lowest BCUT2D eigenvalue weighted by Crippen LogP contribution is -2.28. The van der Waals surface area contributed by atoms with Gasteiger partial charge >= 0.3 is 0 Å². The summed E-state index contributed by atoms with van der Waals surface area (Å²) in [5, 5.41) is 4.46. The number of halogens is 2. The molecule has 0 saturated carbocycles. The molecule has 1 amide bonds. The smallest absolute Gasteiger partial charge is 0.280 e. The van der Waals surface area contributed by atoms with Gasteiger partial charge in [0, 0.05) is 28.1 Å². The second-order valence-corrected chi connectivity index (χ2v) is 9.66. The van der Waals surface area contributed by atoms with E-state index in [0.29, 0.717) is 28.7 Å². The zero-order valence-corrected chi connectivity index (χ0v) is 21.9. The van der Waals surface area contributed by atoms with Gasteiger partial charge in [-0.2, -0.15) is 5.10 Å². The van der Waals surface area contributed by atoms with E-state index in [1.54, 1.807) is 32.4 Å². The van der Waals surface area contributed by atoms with Crippen LogP contribution in [0.1, 0.15) is 46.0 Å². The second-order valence-electron chi connectivity index (χ2n) is 8.72. The molecule has 1 aliphatic heterocycles. The lowest BCUT2D eigenvalue weighted by atomic mass is 9.87. The Morgan fingerprint density at radius 1 is 1.08 bits per heavy atom. The minimum absolute atomic E-state index is 0.260. The van der Waals surface area contributed by atoms with E-state index in [0.717, 1.165) is 22.3 Å². The number of carbonyl (C=O) groups is 1. The van der Waals surface area contributed by atoms with E-state index in [2.05, 4.69) is 20.5 Å². The maximum absolute atomic E-state index is 13.3. The van der Waals surface area contributed by atoms with Crippen LogP contribution in [0, 0.1) is 6.92 Å². The Balaban J connectivity index is 1.31. The molecule has 0 bridgehead atoms. The number of hydrogen-bond donors (Lipinski definition) is 1. The minimum atomic E-state index is -2.67. The number of aryl methyl sites for hydroxylation is 1. The number of hydrogen-bond acceptors (Lipinski definition) is 7. The zero-order chi connectivity index (χ0) is 27.4. The van der Waals surface area contributed by atoms with Crippen molar-refractivity contribution >= 4 is 23.9 Å². The van der Waals surface area contributed by atoms with Gasteiger partial charge in [0.05, 0.1) is 19.2 Å². The molecule has 0 saturated heterocycles. The van der Waals surface area contributed by atoms with E-state index >= 15 is 0 Å². The number of nitrogens with one attached hydrogen (secondary N) is 1. The molecular weight excluding hydrogens is 522 g/mol. The van der Waals surface area contributed by atoms with Crippen molar-refractivity contribution in [3.63, 3.8) is 0 Å². The number of benzene rings is 3. The molecule has 1 aliphatic rings. The van der Waals surface area contributed by atoms with E-state index in [1.165, 1.54) is 17.8 Å². The topological polar surface area (TPSA) is 85.7 Å². The van der Waals surface area contributed by atoms with E-state index < -0.39 is 12.3 Å². The molecule has 0 atom stereocenters. The number of hydrazone groups is 1. The van der Waals surface area contributed by atoms with E-state index in [1.807, 2.05) is 54.6 Å². The van der Waals surface area contributed by atoms with E-state index in [4.69, 9.17) is 9.47 Å². The quantitative estimate of drug-likeness (QED) is 0.119. The summed E-state index contributed by atoms with van der Waals surface area (Å²) in [5.74, 6) is 1.43. The first kappa shape index (κ1) is 26.3. The third-order valence-corrected chi connectivity index (χ3v) is 6.96. The monoisotopic (exact) mass is 546 g/mol. The predicted molar refractivity (Wildman–Crippen MR) is 145 cm³/mol. The molecule has 0 unspecified atom stereocenters. The highest BCUT2D eigenvalue weighted by atomic mass is 32.2. The molecule has 0 aliphatic carbocycles. The summed E-state index contributed by atoms with van der Waals surface area (Å²) >= 11 is 1.23. The van der Waals surface area contributed by atoms with Crippen LogP contribution >= 0.6 is 11.8 Å². The number of fused-ring (bicyclic) bond motifs is 2. The van der Waals surface area contributed by atoms with Gasteiger partial charge in [-0.15, -0.1) is 0 Å². The molecule has 5 rings (SSSR count). The third-order valence-electron chi connectivity index (χ3n) is 6.07. The number of para-hydroxylation sites is 2. The lowest BCUT2D eigenvalue weighted by molar-refractivity contribution is -0.121. The largest absolute Gasteiger partial charge is 0.496 e. The van der Waals surface area contributed by atoms with Crippen molar-refractivity contribution < 1.29 is 23.0 Å². The Hall–Kier alpha value is -4.31. The van der Waals surface area contributed by atoms with Crippen LogP contribution in [0.5, 0.6) is 17.2 Å². The number of alkyl halides is 2. The maximum atomic E-state index is 13.3. The highest BCUT2D eigenvalue weighted by Crippen LogP contribution is 2.43. The maximum Gasteiger partial charge on any atom is 0.280 e. The number of aromatic nitrogens is 2. The van der Waals surface area contributed by atoms with Crippen molar-refractivity contribution in [2.45, 2.75) is 30.2 Å². The Labute approximate surface area is 228 Å². The van der Waals surface area contributed by atoms with Crippen LogP contribution in [0.15, 0.2) is 83.1 Å². The van der Waals surface area contributed by atoms with E-state index in [9.17, 15) is 13.6 Å². The first-order chi connectivity index (χ1) is 18.9. The van der Waals surface area contributed by atoms with Gasteiger partial charge in [0.25, 0.3) is 12.3 Å². The first-order valence-electron chi connectivity index (χ1n) is 12.0. The van der Waals surface area contributed by atoms with Crippen LogP contribution in [-0.2, 0) is 10.5 Å². The van der Waals surface area contributed by atoms with Crippen LogP contribution in [0.4, 0.5) is 8.78 Å². The summed E-state index contributed by atoms with van der Waals surface area (Å²) in [6.07, 6.45) is -1.13. The van der Waals surface area contributed by atoms with Gasteiger partial charge < -0.3 is 9.47 Å². The second kappa shape index (κ2) is 11.6. The fourth-order valence-corrected chi connectivity index (χ4v) is 5.19. The Bertz CT molecular complexity index is 1500. The fourth-order valence-electron chi connectivity index (χ4n) is 4.30. The molecule has 0 fully saturated rings. The number of amides is 1. The molecule has 198 valence electrons. The number of carbonyl (C=O) groups excluding carboxylic acids is 1. The first-order valence-corrected chi connectivity index (χ1v) is 13.0. The summed E-state index contributed by atoms with van der Waals surface area (Å²) in [5.41, 5.74) is 5.88. The molecular formula is C29H24F2N4O3S. The van der Waals surface area contributed by atoms with Crippen LogP contribution in [-0.4, -0.2) is 29.2 Å². The Morgan fingerprint density at radius 2 is 1.77 bits per heavy atom. The SMILES string of the molecule is COc1ccc(/C=N\NC(=O)C2c3ccccc3Oc3ccccc32)cc1CSc1nc(C)cc(C(F)F)n1. The number of methoxy groups -OCH3 is 1. The van der Waals surface area contributed by atoms with E-state index in [-0.39, 0.29) is 16.8 Å². The number of rotatable bonds is 8. The Kier molecular flexibility index (Phi) is 7.83. The molecule has 2 heterocycles. The molecule has 39 heavy (non-hydrogen) atoms. The van der Waals surface area contributed by atoms with Gasteiger partial charge in [0.15, 0.2) is 5.16 Å². The lowest BCUT2D eigenvalue weighted by Gasteiger charge is -2.26. The van der Waals surface area contributed by atoms with Crippen LogP contribution in [0.25, 0.3) is 0 Å². The average Bonchev–Trinajstić information content (AvgIpc) is 2.94. The van der Waals surface area contributed by atoms with Crippen LogP contribution in [0.2, 0.25) is 0 Å². The van der Waals surface area contributed by atoms with Crippen molar-refractivity contribution in [1.29, 1.82) is 0 Å². The molecule has 7 nitrogen and oxygen atoms in total. The van der Waals surface area contributed by atoms with Crippen molar-refractivity contribution in [3.05, 3.63) is 106 Å². The zero-order valence-electron chi connectivity index (χ0n) is 21.1. The molecule has 10 heteroatoms. The van der Waals surface area contributed by atoms with Crippen molar-refractivity contribution in [2.24, 2.45) is 5.10 Å². The van der Waals surface area contributed by atoms with Crippen LogP contribution < -0.4 is 14.9 Å². The van der Waals surface area contributed by atoms with Gasteiger partial charge in [-0.1, -0.05) is 48.2 Å². The van der Waals surface area contributed by atoms with Crippen LogP contribution in [0.3, 0.4) is 0 Å². The van der Waals surface area contributed by atoms with Gasteiger partial charge in [-0.3, -0.25) is 4.79 Å². The molecule has 1 aromatic heterocycles. The van der Waals surface area contributed by atoms with Crippen molar-refractivity contribution in [2.75, 3.05) is 7.11 Å². The standard InChI is InChI=1S/C29H24F2N4O3S/c1-17-13-22(27(30)31)34-29(33-17)39-16-19-14-18(11-12-23(19)37-2)15-32-35-28(36)26-20-7-3-5-9-24(20)38-25-10-6-4-8-21(25)26/h3-15,26-27H,16H2,1-2H3,(H,35,36)/b32-15-. The molecule has 1 N–H and O–H groups in total.